The van der Waals surface area contributed by atoms with E-state index in [-0.39, 0.29) is 9.92 Å². The van der Waals surface area contributed by atoms with Crippen LogP contribution < -0.4 is 10.5 Å². The van der Waals surface area contributed by atoms with Crippen LogP contribution in [0.3, 0.4) is 0 Å². The van der Waals surface area contributed by atoms with Crippen LogP contribution >= 0.6 is 11.6 Å². The second-order valence-electron chi connectivity index (χ2n) is 3.89. The molecule has 0 aliphatic heterocycles. The Hall–Kier alpha value is -0.820. The fraction of sp³-hybridized carbons (Fsp3) is 0.400. The molecule has 5 nitrogen and oxygen atoms in total. The number of anilines is 1. The van der Waals surface area contributed by atoms with Crippen LogP contribution in [-0.2, 0) is 10.0 Å². The molecule has 3 N–H and O–H groups in total. The number of nitrogen functional groups attached to an aromatic ring is 1. The van der Waals surface area contributed by atoms with Gasteiger partial charge >= 0.3 is 0 Å². The summed E-state index contributed by atoms with van der Waals surface area (Å²) in [5, 5.41) is 0.163. The highest BCUT2D eigenvalue weighted by molar-refractivity contribution is 7.89. The van der Waals surface area contributed by atoms with E-state index in [2.05, 4.69) is 4.72 Å². The molecule has 0 amide bonds. The summed E-state index contributed by atoms with van der Waals surface area (Å²) in [6.07, 6.45) is 0. The SMILES string of the molecule is CN(C)CCNS(=O)(=O)c1cc(N)ccc1Cl. The van der Waals surface area contributed by atoms with Crippen molar-refractivity contribution in [1.29, 1.82) is 0 Å². The first-order valence-electron chi connectivity index (χ1n) is 5.02. The van der Waals surface area contributed by atoms with Gasteiger partial charge in [-0.1, -0.05) is 11.6 Å². The maximum Gasteiger partial charge on any atom is 0.242 e. The molecule has 0 aromatic heterocycles. The zero-order valence-electron chi connectivity index (χ0n) is 9.77. The third kappa shape index (κ3) is 4.16. The summed E-state index contributed by atoms with van der Waals surface area (Å²) in [6.45, 7) is 0.930. The number of rotatable bonds is 5. The highest BCUT2D eigenvalue weighted by Gasteiger charge is 2.17. The van der Waals surface area contributed by atoms with Crippen LogP contribution in [0.1, 0.15) is 0 Å². The van der Waals surface area contributed by atoms with Gasteiger partial charge in [-0.3, -0.25) is 0 Å². The van der Waals surface area contributed by atoms with E-state index in [0.717, 1.165) is 0 Å². The van der Waals surface area contributed by atoms with E-state index < -0.39 is 10.0 Å². The lowest BCUT2D eigenvalue weighted by molar-refractivity contribution is 0.412. The largest absolute Gasteiger partial charge is 0.399 e. The van der Waals surface area contributed by atoms with E-state index >= 15 is 0 Å². The lowest BCUT2D eigenvalue weighted by Crippen LogP contribution is -2.31. The highest BCUT2D eigenvalue weighted by atomic mass is 35.5. The van der Waals surface area contributed by atoms with Crippen LogP contribution in [0, 0.1) is 0 Å². The fourth-order valence-corrected chi connectivity index (χ4v) is 2.76. The van der Waals surface area contributed by atoms with Crippen molar-refractivity contribution in [3.63, 3.8) is 0 Å². The van der Waals surface area contributed by atoms with Gasteiger partial charge in [-0.15, -0.1) is 0 Å². The molecule has 0 unspecified atom stereocenters. The molecule has 0 fully saturated rings. The number of benzene rings is 1. The summed E-state index contributed by atoms with van der Waals surface area (Å²) in [5.41, 5.74) is 5.91. The van der Waals surface area contributed by atoms with Gasteiger partial charge in [0.05, 0.1) is 5.02 Å². The van der Waals surface area contributed by atoms with Gasteiger partial charge in [0.1, 0.15) is 4.90 Å². The maximum absolute atomic E-state index is 11.9. The first-order valence-corrected chi connectivity index (χ1v) is 6.88. The van der Waals surface area contributed by atoms with Crippen LogP contribution in [0.4, 0.5) is 5.69 Å². The van der Waals surface area contributed by atoms with Crippen molar-refractivity contribution in [3.8, 4) is 0 Å². The molecule has 17 heavy (non-hydrogen) atoms. The molecule has 7 heteroatoms. The lowest BCUT2D eigenvalue weighted by atomic mass is 10.3. The molecule has 1 rings (SSSR count). The van der Waals surface area contributed by atoms with Gasteiger partial charge in [0, 0.05) is 18.8 Å². The van der Waals surface area contributed by atoms with Gasteiger partial charge in [-0.25, -0.2) is 13.1 Å². The quantitative estimate of drug-likeness (QED) is 0.780. The summed E-state index contributed by atoms with van der Waals surface area (Å²) in [5.74, 6) is 0. The average molecular weight is 278 g/mol. The maximum atomic E-state index is 11.9. The smallest absolute Gasteiger partial charge is 0.242 e. The first-order chi connectivity index (χ1) is 7.83. The van der Waals surface area contributed by atoms with Crippen LogP contribution in [0.15, 0.2) is 23.1 Å². The van der Waals surface area contributed by atoms with E-state index in [1.807, 2.05) is 19.0 Å². The molecule has 0 aliphatic carbocycles. The Morgan fingerprint density at radius 1 is 1.41 bits per heavy atom. The minimum Gasteiger partial charge on any atom is -0.399 e. The van der Waals surface area contributed by atoms with Gasteiger partial charge in [-0.2, -0.15) is 0 Å². The molecular weight excluding hydrogens is 262 g/mol. The molecule has 0 aliphatic rings. The third-order valence-electron chi connectivity index (χ3n) is 2.10. The van der Waals surface area contributed by atoms with E-state index in [1.54, 1.807) is 6.07 Å². The van der Waals surface area contributed by atoms with Crippen molar-refractivity contribution in [2.45, 2.75) is 4.90 Å². The number of halogens is 1. The Kier molecular flexibility index (Phi) is 4.76. The molecule has 0 saturated carbocycles. The van der Waals surface area contributed by atoms with Crippen LogP contribution in [0.5, 0.6) is 0 Å². The number of hydrogen-bond acceptors (Lipinski definition) is 4. The number of sulfonamides is 1. The Morgan fingerprint density at radius 2 is 2.06 bits per heavy atom. The first kappa shape index (κ1) is 14.2. The van der Waals surface area contributed by atoms with Crippen LogP contribution in [0.2, 0.25) is 5.02 Å². The predicted molar refractivity (Wildman–Crippen MR) is 69.6 cm³/mol. The van der Waals surface area contributed by atoms with Crippen molar-refractivity contribution in [1.82, 2.24) is 9.62 Å². The lowest BCUT2D eigenvalue weighted by Gasteiger charge is -2.12. The number of hydrogen-bond donors (Lipinski definition) is 2. The van der Waals surface area contributed by atoms with Gasteiger partial charge in [0.25, 0.3) is 0 Å². The van der Waals surface area contributed by atoms with Crippen molar-refractivity contribution < 1.29 is 8.42 Å². The van der Waals surface area contributed by atoms with Gasteiger partial charge in [-0.05, 0) is 32.3 Å². The van der Waals surface area contributed by atoms with E-state index in [0.29, 0.717) is 18.8 Å². The van der Waals surface area contributed by atoms with E-state index in [4.69, 9.17) is 17.3 Å². The molecular formula is C10H16ClN3O2S. The van der Waals surface area contributed by atoms with Crippen molar-refractivity contribution >= 4 is 27.3 Å². The molecule has 0 spiro atoms. The summed E-state index contributed by atoms with van der Waals surface area (Å²) in [7, 11) is 0.128. The summed E-state index contributed by atoms with van der Waals surface area (Å²) in [4.78, 5) is 1.89. The summed E-state index contributed by atoms with van der Waals surface area (Å²) >= 11 is 5.84. The van der Waals surface area contributed by atoms with Gasteiger partial charge in [0.15, 0.2) is 0 Å². The number of nitrogens with one attached hydrogen (secondary N) is 1. The molecule has 0 saturated heterocycles. The normalized spacial score (nSPS) is 12.0. The standard InChI is InChI=1S/C10H16ClN3O2S/c1-14(2)6-5-13-17(15,16)10-7-8(12)3-4-9(10)11/h3-4,7,13H,5-6,12H2,1-2H3. The second kappa shape index (κ2) is 5.68. The van der Waals surface area contributed by atoms with Crippen molar-refractivity contribution in [3.05, 3.63) is 23.2 Å². The van der Waals surface area contributed by atoms with Gasteiger partial charge < -0.3 is 10.6 Å². The third-order valence-corrected chi connectivity index (χ3v) is 4.04. The highest BCUT2D eigenvalue weighted by Crippen LogP contribution is 2.23. The average Bonchev–Trinajstić information content (AvgIpc) is 2.20. The molecule has 0 radical (unpaired) electrons. The number of nitrogens with zero attached hydrogens (tertiary/aromatic N) is 1. The Balaban J connectivity index is 2.86. The number of nitrogens with two attached hydrogens (primary N) is 1. The van der Waals surface area contributed by atoms with Crippen LogP contribution in [0.25, 0.3) is 0 Å². The monoisotopic (exact) mass is 277 g/mol. The van der Waals surface area contributed by atoms with E-state index in [9.17, 15) is 8.42 Å². The molecule has 1 aromatic carbocycles. The summed E-state index contributed by atoms with van der Waals surface area (Å²) < 4.78 is 26.3. The zero-order chi connectivity index (χ0) is 13.1. The number of likely N-dealkylation sites (N-methyl/N-ethyl adjacent to an activating group) is 1. The Morgan fingerprint density at radius 3 is 2.65 bits per heavy atom. The minimum atomic E-state index is -3.60. The summed E-state index contributed by atoms with van der Waals surface area (Å²) in [6, 6.07) is 4.37. The predicted octanol–water partition coefficient (Wildman–Crippen LogP) is 0.762. The molecule has 96 valence electrons. The molecule has 1 aromatic rings. The second-order valence-corrected chi connectivity index (χ2v) is 6.03. The van der Waals surface area contributed by atoms with Crippen LogP contribution in [-0.4, -0.2) is 40.5 Å². The topological polar surface area (TPSA) is 75.4 Å². The van der Waals surface area contributed by atoms with Crippen molar-refractivity contribution in [2.24, 2.45) is 0 Å². The molecule has 0 atom stereocenters. The van der Waals surface area contributed by atoms with E-state index in [1.165, 1.54) is 12.1 Å². The minimum absolute atomic E-state index is 0.0120. The molecule has 0 heterocycles. The Labute approximate surface area is 107 Å². The fourth-order valence-electron chi connectivity index (χ4n) is 1.21. The van der Waals surface area contributed by atoms with Gasteiger partial charge in [0.2, 0.25) is 10.0 Å². The van der Waals surface area contributed by atoms with Crippen molar-refractivity contribution in [2.75, 3.05) is 32.9 Å². The Bertz CT molecular complexity index is 488. The zero-order valence-corrected chi connectivity index (χ0v) is 11.3. The molecule has 0 bridgehead atoms.